The number of nitrogens with zero attached hydrogens (tertiary/aromatic N) is 3. The highest BCUT2D eigenvalue weighted by Gasteiger charge is 2.28. The second-order valence-corrected chi connectivity index (χ2v) is 7.76. The van der Waals surface area contributed by atoms with Crippen molar-refractivity contribution in [2.45, 2.75) is 33.3 Å². The first-order valence-corrected chi connectivity index (χ1v) is 8.78. The van der Waals surface area contributed by atoms with Crippen molar-refractivity contribution < 1.29 is 19.4 Å². The molecule has 0 radical (unpaired) electrons. The van der Waals surface area contributed by atoms with Crippen molar-refractivity contribution in [3.63, 3.8) is 0 Å². The maximum absolute atomic E-state index is 12.2. The van der Waals surface area contributed by atoms with Gasteiger partial charge in [-0.05, 0) is 45.4 Å². The predicted molar refractivity (Wildman–Crippen MR) is 102 cm³/mol. The van der Waals surface area contributed by atoms with Crippen LogP contribution in [0.15, 0.2) is 12.1 Å². The van der Waals surface area contributed by atoms with Crippen LogP contribution in [0.5, 0.6) is 0 Å². The van der Waals surface area contributed by atoms with Crippen LogP contribution in [0, 0.1) is 6.92 Å². The Morgan fingerprint density at radius 1 is 1.12 bits per heavy atom. The monoisotopic (exact) mass is 363 g/mol. The normalized spacial score (nSPS) is 15.0. The van der Waals surface area contributed by atoms with Crippen LogP contribution in [0.3, 0.4) is 0 Å². The van der Waals surface area contributed by atoms with Crippen molar-refractivity contribution >= 4 is 23.4 Å². The van der Waals surface area contributed by atoms with E-state index < -0.39 is 11.6 Å². The minimum atomic E-state index is -0.924. The predicted octanol–water partition coefficient (Wildman–Crippen LogP) is 2.82. The first-order valence-electron chi connectivity index (χ1n) is 8.78. The SMILES string of the molecule is Cc1c(C(=O)O)ccc(N2CCN(C(=O)OC(C)(C)C)CC2)c1N(C)C. The van der Waals surface area contributed by atoms with Gasteiger partial charge in [-0.1, -0.05) is 0 Å². The molecule has 0 aliphatic carbocycles. The van der Waals surface area contributed by atoms with Crippen molar-refractivity contribution in [1.82, 2.24) is 4.90 Å². The van der Waals surface area contributed by atoms with E-state index in [0.717, 1.165) is 16.9 Å². The third-order valence-corrected chi connectivity index (χ3v) is 4.36. The van der Waals surface area contributed by atoms with Crippen LogP contribution in [-0.2, 0) is 4.74 Å². The number of carboxylic acid groups (broad SMARTS) is 1. The fraction of sp³-hybridized carbons (Fsp3) is 0.579. The fourth-order valence-corrected chi connectivity index (χ4v) is 3.19. The van der Waals surface area contributed by atoms with Gasteiger partial charge in [0, 0.05) is 40.3 Å². The van der Waals surface area contributed by atoms with Gasteiger partial charge in [-0.25, -0.2) is 9.59 Å². The average molecular weight is 363 g/mol. The number of carbonyl (C=O) groups excluding carboxylic acids is 1. The molecule has 2 rings (SSSR count). The average Bonchev–Trinajstić information content (AvgIpc) is 2.52. The van der Waals surface area contributed by atoms with E-state index in [1.165, 1.54) is 0 Å². The Morgan fingerprint density at radius 3 is 2.15 bits per heavy atom. The Hall–Kier alpha value is -2.44. The summed E-state index contributed by atoms with van der Waals surface area (Å²) in [5, 5.41) is 9.37. The molecule has 0 saturated carbocycles. The molecule has 1 heterocycles. The minimum Gasteiger partial charge on any atom is -0.478 e. The van der Waals surface area contributed by atoms with Crippen LogP contribution in [0.1, 0.15) is 36.7 Å². The van der Waals surface area contributed by atoms with Gasteiger partial charge in [-0.15, -0.1) is 0 Å². The summed E-state index contributed by atoms with van der Waals surface area (Å²) in [6.07, 6.45) is -0.289. The number of carbonyl (C=O) groups is 2. The first kappa shape index (κ1) is 19.9. The number of ether oxygens (including phenoxy) is 1. The summed E-state index contributed by atoms with van der Waals surface area (Å²) in [5.74, 6) is -0.924. The summed E-state index contributed by atoms with van der Waals surface area (Å²) in [4.78, 5) is 29.5. The lowest BCUT2D eigenvalue weighted by Crippen LogP contribution is -2.50. The number of amides is 1. The van der Waals surface area contributed by atoms with Gasteiger partial charge in [0.15, 0.2) is 0 Å². The van der Waals surface area contributed by atoms with Crippen molar-refractivity contribution in [2.24, 2.45) is 0 Å². The van der Waals surface area contributed by atoms with E-state index in [2.05, 4.69) is 4.90 Å². The summed E-state index contributed by atoms with van der Waals surface area (Å²) in [6.45, 7) is 9.89. The molecule has 0 bridgehead atoms. The van der Waals surface area contributed by atoms with E-state index >= 15 is 0 Å². The lowest BCUT2D eigenvalue weighted by atomic mass is 10.0. The summed E-state index contributed by atoms with van der Waals surface area (Å²) in [5.41, 5.74) is 2.44. The standard InChI is InChI=1S/C19H29N3O4/c1-13-14(17(23)24)7-8-15(16(13)20(5)6)21-9-11-22(12-10-21)18(25)26-19(2,3)4/h7-8H,9-12H2,1-6H3,(H,23,24). The van der Waals surface area contributed by atoms with Crippen LogP contribution in [0.4, 0.5) is 16.2 Å². The lowest BCUT2D eigenvalue weighted by molar-refractivity contribution is 0.0240. The Kier molecular flexibility index (Phi) is 5.68. The zero-order valence-electron chi connectivity index (χ0n) is 16.5. The molecule has 0 spiro atoms. The molecule has 1 aliphatic heterocycles. The van der Waals surface area contributed by atoms with Crippen LogP contribution in [0.25, 0.3) is 0 Å². The van der Waals surface area contributed by atoms with Gasteiger partial charge >= 0.3 is 12.1 Å². The van der Waals surface area contributed by atoms with E-state index in [0.29, 0.717) is 31.7 Å². The van der Waals surface area contributed by atoms with Crippen molar-refractivity contribution in [1.29, 1.82) is 0 Å². The van der Waals surface area contributed by atoms with Crippen molar-refractivity contribution in [3.05, 3.63) is 23.3 Å². The molecule has 7 nitrogen and oxygen atoms in total. The van der Waals surface area contributed by atoms with Crippen molar-refractivity contribution in [3.8, 4) is 0 Å². The van der Waals surface area contributed by atoms with Crippen LogP contribution in [0.2, 0.25) is 0 Å². The smallest absolute Gasteiger partial charge is 0.410 e. The number of rotatable bonds is 3. The molecule has 1 N–H and O–H groups in total. The Bertz CT molecular complexity index is 687. The number of hydrogen-bond donors (Lipinski definition) is 1. The topological polar surface area (TPSA) is 73.3 Å². The van der Waals surface area contributed by atoms with Crippen LogP contribution < -0.4 is 9.80 Å². The lowest BCUT2D eigenvalue weighted by Gasteiger charge is -2.38. The second-order valence-electron chi connectivity index (χ2n) is 7.76. The van der Waals surface area contributed by atoms with Gasteiger partial charge in [0.2, 0.25) is 0 Å². The number of aromatic carboxylic acids is 1. The molecular formula is C19H29N3O4. The molecule has 26 heavy (non-hydrogen) atoms. The summed E-state index contributed by atoms with van der Waals surface area (Å²) >= 11 is 0. The number of carboxylic acids is 1. The fourth-order valence-electron chi connectivity index (χ4n) is 3.19. The molecule has 1 amide bonds. The molecule has 1 saturated heterocycles. The maximum Gasteiger partial charge on any atom is 0.410 e. The largest absolute Gasteiger partial charge is 0.478 e. The van der Waals surface area contributed by atoms with Crippen LogP contribution in [-0.4, -0.2) is 67.9 Å². The Labute approximate surface area is 155 Å². The highest BCUT2D eigenvalue weighted by Crippen LogP contribution is 2.34. The Balaban J connectivity index is 2.18. The van der Waals surface area contributed by atoms with Crippen LogP contribution >= 0.6 is 0 Å². The molecule has 1 fully saturated rings. The zero-order chi connectivity index (χ0) is 19.6. The van der Waals surface area contributed by atoms with Gasteiger partial charge < -0.3 is 24.5 Å². The Morgan fingerprint density at radius 2 is 1.69 bits per heavy atom. The number of benzene rings is 1. The van der Waals surface area contributed by atoms with Gasteiger partial charge in [0.05, 0.1) is 16.9 Å². The molecule has 144 valence electrons. The molecule has 1 aliphatic rings. The zero-order valence-corrected chi connectivity index (χ0v) is 16.5. The van der Waals surface area contributed by atoms with E-state index in [1.54, 1.807) is 11.0 Å². The number of piperazine rings is 1. The summed E-state index contributed by atoms with van der Waals surface area (Å²) in [6, 6.07) is 3.51. The highest BCUT2D eigenvalue weighted by molar-refractivity contribution is 5.94. The first-order chi connectivity index (χ1) is 12.0. The minimum absolute atomic E-state index is 0.289. The molecule has 0 atom stereocenters. The van der Waals surface area contributed by atoms with Gasteiger partial charge in [-0.2, -0.15) is 0 Å². The molecule has 1 aromatic carbocycles. The molecule has 7 heteroatoms. The van der Waals surface area contributed by atoms with Crippen molar-refractivity contribution in [2.75, 3.05) is 50.1 Å². The number of anilines is 2. The third kappa shape index (κ3) is 4.39. The summed E-state index contributed by atoms with van der Waals surface area (Å²) < 4.78 is 5.44. The quantitative estimate of drug-likeness (QED) is 0.890. The maximum atomic E-state index is 12.2. The van der Waals surface area contributed by atoms with E-state index in [4.69, 9.17) is 4.74 Å². The molecule has 0 aromatic heterocycles. The molecule has 1 aromatic rings. The van der Waals surface area contributed by atoms with Gasteiger partial charge in [-0.3, -0.25) is 0 Å². The molecule has 0 unspecified atom stereocenters. The number of hydrogen-bond acceptors (Lipinski definition) is 5. The highest BCUT2D eigenvalue weighted by atomic mass is 16.6. The van der Waals surface area contributed by atoms with E-state index in [-0.39, 0.29) is 6.09 Å². The summed E-state index contributed by atoms with van der Waals surface area (Å²) in [7, 11) is 3.82. The van der Waals surface area contributed by atoms with Gasteiger partial charge in [0.1, 0.15) is 5.60 Å². The van der Waals surface area contributed by atoms with Gasteiger partial charge in [0.25, 0.3) is 0 Å². The third-order valence-electron chi connectivity index (χ3n) is 4.36. The van der Waals surface area contributed by atoms with E-state index in [9.17, 15) is 14.7 Å². The van der Waals surface area contributed by atoms with E-state index in [1.807, 2.05) is 52.8 Å². The second kappa shape index (κ2) is 7.43. The molecular weight excluding hydrogens is 334 g/mol.